The zero-order chi connectivity index (χ0) is 18.8. The Morgan fingerprint density at radius 1 is 0.778 bits per heavy atom. The lowest BCUT2D eigenvalue weighted by molar-refractivity contribution is 0.724. The summed E-state index contributed by atoms with van der Waals surface area (Å²) < 4.78 is 2.41. The smallest absolute Gasteiger partial charge is 0.110 e. The summed E-state index contributed by atoms with van der Waals surface area (Å²) in [4.78, 5) is 4.96. The summed E-state index contributed by atoms with van der Waals surface area (Å²) >= 11 is 0. The third-order valence-corrected chi connectivity index (χ3v) is 5.37. The zero-order valence-electron chi connectivity index (χ0n) is 16.4. The Bertz CT molecular complexity index is 1050. The van der Waals surface area contributed by atoms with Gasteiger partial charge in [-0.3, -0.25) is 0 Å². The van der Waals surface area contributed by atoms with Crippen molar-refractivity contribution in [2.24, 2.45) is 0 Å². The number of benzene rings is 3. The zero-order valence-corrected chi connectivity index (χ0v) is 16.4. The van der Waals surface area contributed by atoms with Crippen molar-refractivity contribution in [3.63, 3.8) is 0 Å². The summed E-state index contributed by atoms with van der Waals surface area (Å²) in [5.74, 6) is 1.17. The molecule has 2 heteroatoms. The molecule has 3 aromatic carbocycles. The fraction of sp³-hybridized carbons (Fsp3) is 0.240. The first-order valence-electron chi connectivity index (χ1n) is 9.66. The molecular formula is C25H26N2. The van der Waals surface area contributed by atoms with E-state index in [0.717, 1.165) is 24.9 Å². The maximum Gasteiger partial charge on any atom is 0.110 e. The molecule has 0 saturated carbocycles. The SMILES string of the molecule is Cc1cc(C)c(Cn2c(CCc3ccccc3)nc3ccccc32)c(C)c1. The van der Waals surface area contributed by atoms with Crippen LogP contribution in [0.5, 0.6) is 0 Å². The van der Waals surface area contributed by atoms with Gasteiger partial charge >= 0.3 is 0 Å². The van der Waals surface area contributed by atoms with Crippen molar-refractivity contribution in [2.45, 2.75) is 40.2 Å². The highest BCUT2D eigenvalue weighted by molar-refractivity contribution is 5.76. The van der Waals surface area contributed by atoms with Gasteiger partial charge in [0.15, 0.2) is 0 Å². The molecule has 0 amide bonds. The van der Waals surface area contributed by atoms with Crippen LogP contribution in [0.25, 0.3) is 11.0 Å². The standard InChI is InChI=1S/C25H26N2/c1-18-15-19(2)22(20(3)16-18)17-27-24-12-8-7-11-23(24)26-25(27)14-13-21-9-5-4-6-10-21/h4-12,15-16H,13-14,17H2,1-3H3. The Morgan fingerprint density at radius 3 is 2.19 bits per heavy atom. The molecule has 1 aromatic heterocycles. The van der Waals surface area contributed by atoms with E-state index in [2.05, 4.69) is 92.1 Å². The van der Waals surface area contributed by atoms with Crippen LogP contribution in [0.3, 0.4) is 0 Å². The van der Waals surface area contributed by atoms with E-state index < -0.39 is 0 Å². The van der Waals surface area contributed by atoms with Crippen molar-refractivity contribution >= 4 is 11.0 Å². The molecule has 27 heavy (non-hydrogen) atoms. The normalized spacial score (nSPS) is 11.2. The van der Waals surface area contributed by atoms with Gasteiger partial charge < -0.3 is 4.57 Å². The van der Waals surface area contributed by atoms with Crippen LogP contribution in [0, 0.1) is 20.8 Å². The van der Waals surface area contributed by atoms with Gasteiger partial charge in [-0.1, -0.05) is 60.2 Å². The van der Waals surface area contributed by atoms with E-state index in [9.17, 15) is 0 Å². The van der Waals surface area contributed by atoms with Gasteiger partial charge in [0, 0.05) is 13.0 Å². The fourth-order valence-corrected chi connectivity index (χ4v) is 4.01. The molecule has 0 radical (unpaired) electrons. The number of rotatable bonds is 5. The lowest BCUT2D eigenvalue weighted by Gasteiger charge is -2.15. The summed E-state index contributed by atoms with van der Waals surface area (Å²) in [6.45, 7) is 7.49. The van der Waals surface area contributed by atoms with E-state index in [4.69, 9.17) is 4.98 Å². The molecule has 0 atom stereocenters. The molecule has 0 unspecified atom stereocenters. The minimum absolute atomic E-state index is 0.878. The van der Waals surface area contributed by atoms with Gasteiger partial charge in [-0.15, -0.1) is 0 Å². The summed E-state index contributed by atoms with van der Waals surface area (Å²) in [7, 11) is 0. The largest absolute Gasteiger partial charge is 0.323 e. The maximum absolute atomic E-state index is 4.96. The predicted octanol–water partition coefficient (Wildman–Crippen LogP) is 5.80. The van der Waals surface area contributed by atoms with Gasteiger partial charge in [0.1, 0.15) is 5.82 Å². The Labute approximate surface area is 161 Å². The molecule has 4 aromatic rings. The summed E-state index contributed by atoms with van der Waals surface area (Å²) in [6, 6.07) is 23.7. The monoisotopic (exact) mass is 354 g/mol. The molecule has 0 N–H and O–H groups in total. The first-order chi connectivity index (χ1) is 13.1. The number of hydrogen-bond donors (Lipinski definition) is 0. The molecule has 0 spiro atoms. The molecule has 0 fully saturated rings. The van der Waals surface area contributed by atoms with Gasteiger partial charge in [0.2, 0.25) is 0 Å². The van der Waals surface area contributed by atoms with Crippen LogP contribution in [0.4, 0.5) is 0 Å². The lowest BCUT2D eigenvalue weighted by atomic mass is 9.99. The number of fused-ring (bicyclic) bond motifs is 1. The van der Waals surface area contributed by atoms with E-state index in [1.807, 2.05) is 0 Å². The third kappa shape index (κ3) is 3.66. The van der Waals surface area contributed by atoms with E-state index >= 15 is 0 Å². The molecule has 0 bridgehead atoms. The summed E-state index contributed by atoms with van der Waals surface area (Å²) in [5.41, 5.74) is 9.12. The van der Waals surface area contributed by atoms with E-state index in [1.165, 1.54) is 39.2 Å². The molecular weight excluding hydrogens is 328 g/mol. The van der Waals surface area contributed by atoms with Crippen molar-refractivity contribution < 1.29 is 0 Å². The van der Waals surface area contributed by atoms with Crippen LogP contribution in [0.2, 0.25) is 0 Å². The number of imidazole rings is 1. The number of nitrogens with zero attached hydrogens (tertiary/aromatic N) is 2. The Kier molecular flexibility index (Phi) is 4.81. The molecule has 136 valence electrons. The highest BCUT2D eigenvalue weighted by atomic mass is 15.1. The number of hydrogen-bond acceptors (Lipinski definition) is 1. The lowest BCUT2D eigenvalue weighted by Crippen LogP contribution is -2.09. The second-order valence-electron chi connectivity index (χ2n) is 7.47. The Balaban J connectivity index is 1.72. The van der Waals surface area contributed by atoms with Gasteiger partial charge in [-0.05, 0) is 61.6 Å². The van der Waals surface area contributed by atoms with Crippen LogP contribution in [-0.2, 0) is 19.4 Å². The summed E-state index contributed by atoms with van der Waals surface area (Å²) in [5, 5.41) is 0. The van der Waals surface area contributed by atoms with Crippen molar-refractivity contribution in [3.8, 4) is 0 Å². The fourth-order valence-electron chi connectivity index (χ4n) is 4.01. The minimum atomic E-state index is 0.878. The Hall–Kier alpha value is -2.87. The number of para-hydroxylation sites is 2. The first-order valence-corrected chi connectivity index (χ1v) is 9.66. The maximum atomic E-state index is 4.96. The Morgan fingerprint density at radius 2 is 1.44 bits per heavy atom. The molecule has 4 rings (SSSR count). The molecule has 0 aliphatic rings. The van der Waals surface area contributed by atoms with Gasteiger partial charge in [-0.2, -0.15) is 0 Å². The van der Waals surface area contributed by atoms with Gasteiger partial charge in [-0.25, -0.2) is 4.98 Å². The van der Waals surface area contributed by atoms with Crippen molar-refractivity contribution in [1.29, 1.82) is 0 Å². The average Bonchev–Trinajstić information content (AvgIpc) is 3.01. The molecule has 2 nitrogen and oxygen atoms in total. The molecule has 0 aliphatic carbocycles. The van der Waals surface area contributed by atoms with E-state index in [0.29, 0.717) is 0 Å². The van der Waals surface area contributed by atoms with Crippen LogP contribution in [0.1, 0.15) is 33.6 Å². The van der Waals surface area contributed by atoms with E-state index in [1.54, 1.807) is 0 Å². The van der Waals surface area contributed by atoms with Crippen LogP contribution in [0.15, 0.2) is 66.7 Å². The quantitative estimate of drug-likeness (QED) is 0.443. The second-order valence-corrected chi connectivity index (χ2v) is 7.47. The predicted molar refractivity (Wildman–Crippen MR) is 113 cm³/mol. The average molecular weight is 354 g/mol. The molecule has 1 heterocycles. The van der Waals surface area contributed by atoms with Crippen molar-refractivity contribution in [2.75, 3.05) is 0 Å². The first kappa shape index (κ1) is 17.5. The van der Waals surface area contributed by atoms with Crippen LogP contribution >= 0.6 is 0 Å². The highest BCUT2D eigenvalue weighted by Crippen LogP contribution is 2.23. The van der Waals surface area contributed by atoms with Crippen LogP contribution < -0.4 is 0 Å². The van der Waals surface area contributed by atoms with Crippen LogP contribution in [-0.4, -0.2) is 9.55 Å². The molecule has 0 saturated heterocycles. The highest BCUT2D eigenvalue weighted by Gasteiger charge is 2.13. The number of aromatic nitrogens is 2. The minimum Gasteiger partial charge on any atom is -0.323 e. The van der Waals surface area contributed by atoms with Gasteiger partial charge in [0.25, 0.3) is 0 Å². The van der Waals surface area contributed by atoms with Gasteiger partial charge in [0.05, 0.1) is 11.0 Å². The number of aryl methyl sites for hydroxylation is 5. The van der Waals surface area contributed by atoms with E-state index in [-0.39, 0.29) is 0 Å². The summed E-state index contributed by atoms with van der Waals surface area (Å²) in [6.07, 6.45) is 1.96. The third-order valence-electron chi connectivity index (χ3n) is 5.37. The molecule has 0 aliphatic heterocycles. The topological polar surface area (TPSA) is 17.8 Å². The van der Waals surface area contributed by atoms with Crippen molar-refractivity contribution in [1.82, 2.24) is 9.55 Å². The van der Waals surface area contributed by atoms with Crippen molar-refractivity contribution in [3.05, 3.63) is 100 Å². The second kappa shape index (κ2) is 7.40.